The number of hydrogen-bond donors (Lipinski definition) is 2. The Morgan fingerprint density at radius 2 is 2.25 bits per heavy atom. The van der Waals surface area contributed by atoms with Crippen LogP contribution in [0.5, 0.6) is 5.75 Å². The zero-order valence-corrected chi connectivity index (χ0v) is 11.9. The molecule has 1 saturated heterocycles. The van der Waals surface area contributed by atoms with E-state index in [-0.39, 0.29) is 29.6 Å². The van der Waals surface area contributed by atoms with Gasteiger partial charge in [-0.2, -0.15) is 0 Å². The summed E-state index contributed by atoms with van der Waals surface area (Å²) in [4.78, 5) is 28.8. The minimum absolute atomic E-state index is 0.0653. The molecule has 2 amide bonds. The van der Waals surface area contributed by atoms with Crippen molar-refractivity contribution in [3.05, 3.63) is 23.2 Å². The summed E-state index contributed by atoms with van der Waals surface area (Å²) in [5.74, 6) is -0.698. The van der Waals surface area contributed by atoms with Crippen molar-refractivity contribution in [1.29, 1.82) is 0 Å². The molecule has 0 saturated carbocycles. The highest BCUT2D eigenvalue weighted by Gasteiger charge is 2.38. The Labute approximate surface area is 121 Å². The maximum atomic E-state index is 11.8. The number of nitrogens with one attached hydrogen (secondary N) is 1. The average Bonchev–Trinajstić information content (AvgIpc) is 2.57. The van der Waals surface area contributed by atoms with E-state index in [4.69, 9.17) is 16.4 Å². The molecule has 0 radical (unpaired) electrons. The van der Waals surface area contributed by atoms with Crippen LogP contribution in [0.3, 0.4) is 0 Å². The predicted octanol–water partition coefficient (Wildman–Crippen LogP) is 1.93. The Bertz CT molecular complexity index is 559. The summed E-state index contributed by atoms with van der Waals surface area (Å²) in [5.41, 5.74) is -0.150. The third kappa shape index (κ3) is 3.40. The Morgan fingerprint density at radius 1 is 1.55 bits per heavy atom. The van der Waals surface area contributed by atoms with Crippen LogP contribution in [-0.2, 0) is 14.4 Å². The van der Waals surface area contributed by atoms with Gasteiger partial charge in [0.2, 0.25) is 11.8 Å². The number of phenols is 1. The summed E-state index contributed by atoms with van der Waals surface area (Å²) in [6.07, 6.45) is 0.241. The van der Waals surface area contributed by atoms with Crippen LogP contribution >= 0.6 is 11.6 Å². The maximum absolute atomic E-state index is 11.8. The van der Waals surface area contributed by atoms with Crippen LogP contribution in [0.25, 0.3) is 0 Å². The van der Waals surface area contributed by atoms with Gasteiger partial charge in [-0.25, -0.2) is 5.06 Å². The fourth-order valence-electron chi connectivity index (χ4n) is 1.87. The number of amides is 2. The Kier molecular flexibility index (Phi) is 3.87. The van der Waals surface area contributed by atoms with Crippen LogP contribution in [0, 0.1) is 0 Å². The molecule has 1 fully saturated rings. The van der Waals surface area contributed by atoms with E-state index in [9.17, 15) is 14.7 Å². The standard InChI is InChI=1S/C13H15ClN2O4/c1-13(2)6-12(19)16(20-13)7-11(18)15-8-3-4-10(17)9(14)5-8/h3-5,17H,6-7H2,1-2H3,(H,15,18). The molecule has 0 unspecified atom stereocenters. The number of rotatable bonds is 3. The highest BCUT2D eigenvalue weighted by Crippen LogP contribution is 2.27. The predicted molar refractivity (Wildman–Crippen MR) is 73.2 cm³/mol. The van der Waals surface area contributed by atoms with Crippen molar-refractivity contribution in [2.24, 2.45) is 0 Å². The normalized spacial score (nSPS) is 17.4. The molecule has 0 aliphatic carbocycles. The molecular weight excluding hydrogens is 284 g/mol. The molecule has 1 aliphatic heterocycles. The van der Waals surface area contributed by atoms with Gasteiger partial charge in [0.15, 0.2) is 0 Å². The molecule has 2 rings (SSSR count). The maximum Gasteiger partial charge on any atom is 0.249 e. The molecule has 1 aromatic rings. The molecule has 1 heterocycles. The highest BCUT2D eigenvalue weighted by molar-refractivity contribution is 6.32. The number of anilines is 1. The molecule has 0 atom stereocenters. The van der Waals surface area contributed by atoms with Crippen LogP contribution in [0.2, 0.25) is 5.02 Å². The van der Waals surface area contributed by atoms with Gasteiger partial charge in [0.05, 0.1) is 17.0 Å². The lowest BCUT2D eigenvalue weighted by atomic mass is 10.1. The van der Waals surface area contributed by atoms with Gasteiger partial charge in [0, 0.05) is 5.69 Å². The van der Waals surface area contributed by atoms with Gasteiger partial charge in [0.25, 0.3) is 0 Å². The number of carbonyl (C=O) groups excluding carboxylic acids is 2. The van der Waals surface area contributed by atoms with Crippen LogP contribution in [-0.4, -0.2) is 34.1 Å². The number of benzene rings is 1. The van der Waals surface area contributed by atoms with Crippen molar-refractivity contribution in [2.75, 3.05) is 11.9 Å². The molecule has 6 nitrogen and oxygen atoms in total. The van der Waals surface area contributed by atoms with Crippen molar-refractivity contribution in [1.82, 2.24) is 5.06 Å². The smallest absolute Gasteiger partial charge is 0.249 e. The number of carbonyl (C=O) groups is 2. The lowest BCUT2D eigenvalue weighted by Crippen LogP contribution is -2.34. The second kappa shape index (κ2) is 5.30. The number of aromatic hydroxyl groups is 1. The Balaban J connectivity index is 1.96. The minimum atomic E-state index is -0.584. The summed E-state index contributed by atoms with van der Waals surface area (Å²) >= 11 is 5.74. The highest BCUT2D eigenvalue weighted by atomic mass is 35.5. The van der Waals surface area contributed by atoms with Crippen molar-refractivity contribution in [2.45, 2.75) is 25.9 Å². The van der Waals surface area contributed by atoms with E-state index in [1.807, 2.05) is 0 Å². The monoisotopic (exact) mass is 298 g/mol. The molecular formula is C13H15ClN2O4. The first-order chi connectivity index (χ1) is 9.27. The summed E-state index contributed by atoms with van der Waals surface area (Å²) in [6, 6.07) is 4.31. The van der Waals surface area contributed by atoms with Crippen LogP contribution in [0.4, 0.5) is 5.69 Å². The first kappa shape index (κ1) is 14.6. The fraction of sp³-hybridized carbons (Fsp3) is 0.385. The quantitative estimate of drug-likeness (QED) is 0.836. The second-order valence-corrected chi connectivity index (χ2v) is 5.58. The van der Waals surface area contributed by atoms with Gasteiger partial charge in [-0.1, -0.05) is 11.6 Å². The zero-order chi connectivity index (χ0) is 14.9. The molecule has 1 aliphatic rings. The zero-order valence-electron chi connectivity index (χ0n) is 11.1. The molecule has 2 N–H and O–H groups in total. The molecule has 0 bridgehead atoms. The van der Waals surface area contributed by atoms with Gasteiger partial charge < -0.3 is 10.4 Å². The summed E-state index contributed by atoms with van der Waals surface area (Å²) in [5, 5.41) is 13.0. The third-order valence-electron chi connectivity index (χ3n) is 2.73. The van der Waals surface area contributed by atoms with Gasteiger partial charge in [-0.15, -0.1) is 0 Å². The number of nitrogens with zero attached hydrogens (tertiary/aromatic N) is 1. The van der Waals surface area contributed by atoms with Crippen LogP contribution in [0.1, 0.15) is 20.3 Å². The largest absolute Gasteiger partial charge is 0.506 e. The minimum Gasteiger partial charge on any atom is -0.506 e. The van der Waals surface area contributed by atoms with Gasteiger partial charge in [-0.05, 0) is 32.0 Å². The molecule has 108 valence electrons. The topological polar surface area (TPSA) is 78.9 Å². The summed E-state index contributed by atoms with van der Waals surface area (Å²) < 4.78 is 0. The lowest BCUT2D eigenvalue weighted by Gasteiger charge is -2.19. The Hall–Kier alpha value is -1.79. The molecule has 1 aromatic carbocycles. The SMILES string of the molecule is CC1(C)CC(=O)N(CC(=O)Nc2ccc(O)c(Cl)c2)O1. The third-order valence-corrected chi connectivity index (χ3v) is 3.03. The van der Waals surface area contributed by atoms with E-state index in [1.54, 1.807) is 13.8 Å². The van der Waals surface area contributed by atoms with E-state index >= 15 is 0 Å². The van der Waals surface area contributed by atoms with Crippen molar-refractivity contribution >= 4 is 29.1 Å². The molecule has 20 heavy (non-hydrogen) atoms. The van der Waals surface area contributed by atoms with Crippen molar-refractivity contribution in [3.63, 3.8) is 0 Å². The number of halogens is 1. The number of hydrogen-bond acceptors (Lipinski definition) is 4. The molecule has 7 heteroatoms. The number of phenolic OH excluding ortho intramolecular Hbond substituents is 1. The number of hydroxylamine groups is 2. The molecule has 0 spiro atoms. The summed E-state index contributed by atoms with van der Waals surface area (Å²) in [6.45, 7) is 3.37. The van der Waals surface area contributed by atoms with Crippen LogP contribution in [0.15, 0.2) is 18.2 Å². The van der Waals surface area contributed by atoms with E-state index in [1.165, 1.54) is 18.2 Å². The average molecular weight is 299 g/mol. The second-order valence-electron chi connectivity index (χ2n) is 5.17. The Morgan fingerprint density at radius 3 is 2.80 bits per heavy atom. The van der Waals surface area contributed by atoms with Gasteiger partial charge in [-0.3, -0.25) is 14.4 Å². The molecule has 0 aromatic heterocycles. The van der Waals surface area contributed by atoms with Crippen molar-refractivity contribution in [3.8, 4) is 5.75 Å². The first-order valence-corrected chi connectivity index (χ1v) is 6.42. The van der Waals surface area contributed by atoms with Gasteiger partial charge >= 0.3 is 0 Å². The fourth-order valence-corrected chi connectivity index (χ4v) is 2.05. The first-order valence-electron chi connectivity index (χ1n) is 6.05. The van der Waals surface area contributed by atoms with Crippen molar-refractivity contribution < 1.29 is 19.5 Å². The summed E-state index contributed by atoms with van der Waals surface area (Å²) in [7, 11) is 0. The van der Waals surface area contributed by atoms with Gasteiger partial charge in [0.1, 0.15) is 12.3 Å². The van der Waals surface area contributed by atoms with E-state index < -0.39 is 11.5 Å². The van der Waals surface area contributed by atoms with Crippen LogP contribution < -0.4 is 5.32 Å². The lowest BCUT2D eigenvalue weighted by molar-refractivity contribution is -0.191. The van der Waals surface area contributed by atoms with E-state index in [0.29, 0.717) is 5.69 Å². The van der Waals surface area contributed by atoms with E-state index in [2.05, 4.69) is 5.32 Å². The van der Waals surface area contributed by atoms with E-state index in [0.717, 1.165) is 5.06 Å².